The van der Waals surface area contributed by atoms with E-state index in [1.165, 1.54) is 0 Å². The second-order valence-corrected chi connectivity index (χ2v) is 5.57. The molecule has 2 aromatic rings. The molecule has 0 aliphatic heterocycles. The summed E-state index contributed by atoms with van der Waals surface area (Å²) in [4.78, 5) is 37.2. The van der Waals surface area contributed by atoms with Gasteiger partial charge in [-0.05, 0) is 18.1 Å². The molecule has 24 heavy (non-hydrogen) atoms. The normalized spacial score (nSPS) is 13.4. The van der Waals surface area contributed by atoms with Crippen LogP contribution in [0.3, 0.4) is 0 Å². The molecule has 2 atom stereocenters. The maximum absolute atomic E-state index is 11.9. The Morgan fingerprint density at radius 2 is 1.96 bits per heavy atom. The van der Waals surface area contributed by atoms with Crippen LogP contribution in [0.1, 0.15) is 18.4 Å². The van der Waals surface area contributed by atoms with Gasteiger partial charge in [-0.25, -0.2) is 4.79 Å². The smallest absolute Gasteiger partial charge is 0.326 e. The molecule has 0 aliphatic carbocycles. The van der Waals surface area contributed by atoms with Crippen LogP contribution in [-0.2, 0) is 20.8 Å². The Morgan fingerprint density at radius 1 is 1.25 bits per heavy atom. The molecule has 7 N–H and O–H groups in total. The van der Waals surface area contributed by atoms with E-state index < -0.39 is 29.9 Å². The number of nitrogens with two attached hydrogens (primary N) is 2. The fourth-order valence-electron chi connectivity index (χ4n) is 2.42. The molecule has 0 spiro atoms. The molecule has 2 rings (SSSR count). The van der Waals surface area contributed by atoms with E-state index in [4.69, 9.17) is 11.5 Å². The molecule has 1 aromatic carbocycles. The van der Waals surface area contributed by atoms with Crippen molar-refractivity contribution in [3.63, 3.8) is 0 Å². The third kappa shape index (κ3) is 4.32. The molecule has 128 valence electrons. The fourth-order valence-corrected chi connectivity index (χ4v) is 2.42. The molecule has 0 saturated carbocycles. The number of amides is 2. The first-order valence-corrected chi connectivity index (χ1v) is 7.50. The number of hydrogen-bond donors (Lipinski definition) is 5. The molecule has 1 heterocycles. The van der Waals surface area contributed by atoms with Gasteiger partial charge in [-0.15, -0.1) is 0 Å². The van der Waals surface area contributed by atoms with Gasteiger partial charge in [0.1, 0.15) is 6.04 Å². The molecule has 0 saturated heterocycles. The zero-order valence-electron chi connectivity index (χ0n) is 13.0. The number of hydrogen-bond acceptors (Lipinski definition) is 4. The van der Waals surface area contributed by atoms with E-state index in [2.05, 4.69) is 10.3 Å². The molecule has 1 aromatic heterocycles. The summed E-state index contributed by atoms with van der Waals surface area (Å²) in [6.07, 6.45) is 1.88. The van der Waals surface area contributed by atoms with Crippen LogP contribution in [0.4, 0.5) is 0 Å². The van der Waals surface area contributed by atoms with Crippen LogP contribution in [0, 0.1) is 0 Å². The lowest BCUT2D eigenvalue weighted by Gasteiger charge is -2.15. The molecular weight excluding hydrogens is 312 g/mol. The Kier molecular flexibility index (Phi) is 5.54. The zero-order valence-corrected chi connectivity index (χ0v) is 13.0. The Balaban J connectivity index is 2.01. The van der Waals surface area contributed by atoms with E-state index in [0.29, 0.717) is 0 Å². The number of aliphatic carboxylic acids is 1. The topological polar surface area (TPSA) is 151 Å². The number of rotatable bonds is 8. The number of primary amides is 1. The van der Waals surface area contributed by atoms with Crippen molar-refractivity contribution >= 4 is 28.7 Å². The highest BCUT2D eigenvalue weighted by Gasteiger charge is 2.22. The highest BCUT2D eigenvalue weighted by Crippen LogP contribution is 2.19. The second kappa shape index (κ2) is 7.60. The first-order chi connectivity index (χ1) is 11.4. The van der Waals surface area contributed by atoms with Crippen molar-refractivity contribution in [1.29, 1.82) is 0 Å². The Morgan fingerprint density at radius 3 is 2.62 bits per heavy atom. The van der Waals surface area contributed by atoms with Gasteiger partial charge in [0.25, 0.3) is 0 Å². The van der Waals surface area contributed by atoms with Crippen LogP contribution in [0.25, 0.3) is 10.9 Å². The number of aromatic nitrogens is 1. The van der Waals surface area contributed by atoms with E-state index in [-0.39, 0.29) is 19.3 Å². The summed E-state index contributed by atoms with van der Waals surface area (Å²) in [5, 5.41) is 12.7. The second-order valence-electron chi connectivity index (χ2n) is 5.57. The number of carboxylic acid groups (broad SMARTS) is 1. The minimum atomic E-state index is -1.13. The number of nitrogens with one attached hydrogen (secondary N) is 2. The molecule has 2 amide bonds. The minimum Gasteiger partial charge on any atom is -0.480 e. The average molecular weight is 332 g/mol. The minimum absolute atomic E-state index is 0.0677. The Bertz CT molecular complexity index is 755. The maximum atomic E-state index is 11.9. The van der Waals surface area contributed by atoms with Gasteiger partial charge in [0.15, 0.2) is 0 Å². The van der Waals surface area contributed by atoms with Gasteiger partial charge in [0, 0.05) is 29.9 Å². The third-order valence-electron chi connectivity index (χ3n) is 3.78. The first kappa shape index (κ1) is 17.5. The van der Waals surface area contributed by atoms with Crippen molar-refractivity contribution < 1.29 is 19.5 Å². The summed E-state index contributed by atoms with van der Waals surface area (Å²) in [6, 6.07) is 5.51. The van der Waals surface area contributed by atoms with Gasteiger partial charge >= 0.3 is 5.97 Å². The Hall–Kier alpha value is -2.87. The lowest BCUT2D eigenvalue weighted by atomic mass is 10.0. The number of H-pyrrole nitrogens is 1. The van der Waals surface area contributed by atoms with Gasteiger partial charge in [-0.3, -0.25) is 9.59 Å². The largest absolute Gasteiger partial charge is 0.480 e. The highest BCUT2D eigenvalue weighted by molar-refractivity contribution is 5.87. The number of benzene rings is 1. The summed E-state index contributed by atoms with van der Waals surface area (Å²) in [5.74, 6) is -2.32. The number of fused-ring (bicyclic) bond motifs is 1. The van der Waals surface area contributed by atoms with Crippen LogP contribution in [-0.4, -0.2) is 40.0 Å². The predicted octanol–water partition coefficient (Wildman–Crippen LogP) is -0.127. The van der Waals surface area contributed by atoms with Crippen molar-refractivity contribution in [2.75, 3.05) is 0 Å². The van der Waals surface area contributed by atoms with Gasteiger partial charge in [0.2, 0.25) is 11.8 Å². The molecule has 0 unspecified atom stereocenters. The van der Waals surface area contributed by atoms with Crippen molar-refractivity contribution in [3.8, 4) is 0 Å². The lowest BCUT2D eigenvalue weighted by Crippen LogP contribution is -2.43. The van der Waals surface area contributed by atoms with Crippen LogP contribution in [0.5, 0.6) is 0 Å². The zero-order chi connectivity index (χ0) is 17.7. The highest BCUT2D eigenvalue weighted by atomic mass is 16.4. The number of carboxylic acids is 1. The third-order valence-corrected chi connectivity index (χ3v) is 3.78. The van der Waals surface area contributed by atoms with Crippen LogP contribution in [0.15, 0.2) is 30.5 Å². The van der Waals surface area contributed by atoms with Crippen molar-refractivity contribution in [2.24, 2.45) is 11.5 Å². The predicted molar refractivity (Wildman–Crippen MR) is 88.0 cm³/mol. The van der Waals surface area contributed by atoms with Crippen molar-refractivity contribution in [3.05, 3.63) is 36.0 Å². The molecule has 0 radical (unpaired) electrons. The molecule has 0 aliphatic rings. The average Bonchev–Trinajstić information content (AvgIpc) is 2.95. The summed E-state index contributed by atoms with van der Waals surface area (Å²) in [6.45, 7) is 0. The summed E-state index contributed by atoms with van der Waals surface area (Å²) >= 11 is 0. The molecule has 8 nitrogen and oxygen atoms in total. The number of carbonyl (C=O) groups is 3. The van der Waals surface area contributed by atoms with Crippen LogP contribution in [0.2, 0.25) is 0 Å². The summed E-state index contributed by atoms with van der Waals surface area (Å²) < 4.78 is 0. The summed E-state index contributed by atoms with van der Waals surface area (Å²) in [7, 11) is 0. The fraction of sp³-hybridized carbons (Fsp3) is 0.312. The molecule has 0 fully saturated rings. The maximum Gasteiger partial charge on any atom is 0.326 e. The molecule has 8 heteroatoms. The van der Waals surface area contributed by atoms with Gasteiger partial charge < -0.3 is 26.9 Å². The SMILES string of the molecule is NC(=O)[C@H](N)CCC(=O)N[C@@H](Cc1c[nH]c2ccccc12)C(=O)O. The summed E-state index contributed by atoms with van der Waals surface area (Å²) in [5.41, 5.74) is 12.2. The molecular formula is C16H20N4O4. The van der Waals surface area contributed by atoms with Crippen molar-refractivity contribution in [1.82, 2.24) is 10.3 Å². The van der Waals surface area contributed by atoms with Crippen LogP contribution < -0.4 is 16.8 Å². The van der Waals surface area contributed by atoms with Gasteiger partial charge in [-0.2, -0.15) is 0 Å². The Labute approximate surface area is 138 Å². The number of aromatic amines is 1. The van der Waals surface area contributed by atoms with E-state index in [9.17, 15) is 19.5 Å². The lowest BCUT2D eigenvalue weighted by molar-refractivity contribution is -0.141. The van der Waals surface area contributed by atoms with Crippen LogP contribution >= 0.6 is 0 Å². The monoisotopic (exact) mass is 332 g/mol. The first-order valence-electron chi connectivity index (χ1n) is 7.50. The van der Waals surface area contributed by atoms with E-state index in [0.717, 1.165) is 16.5 Å². The van der Waals surface area contributed by atoms with Crippen molar-refractivity contribution in [2.45, 2.75) is 31.3 Å². The molecule has 0 bridgehead atoms. The van der Waals surface area contributed by atoms with Gasteiger partial charge in [0.05, 0.1) is 6.04 Å². The van der Waals surface area contributed by atoms with E-state index in [1.54, 1.807) is 6.20 Å². The standard InChI is InChI=1S/C16H20N4O4/c17-11(15(18)22)5-6-14(21)20-13(16(23)24)7-9-8-19-12-4-2-1-3-10(9)12/h1-4,8,11,13,19H,5-7,17H2,(H2,18,22)(H,20,21)(H,23,24)/t11-,13+/m1/s1. The van der Waals surface area contributed by atoms with E-state index in [1.807, 2.05) is 24.3 Å². The number of carbonyl (C=O) groups excluding carboxylic acids is 2. The van der Waals surface area contributed by atoms with Gasteiger partial charge in [-0.1, -0.05) is 18.2 Å². The quantitative estimate of drug-likeness (QED) is 0.456. The number of para-hydroxylation sites is 1. The van der Waals surface area contributed by atoms with E-state index >= 15 is 0 Å².